The summed E-state index contributed by atoms with van der Waals surface area (Å²) in [6.07, 6.45) is -1.12. The van der Waals surface area contributed by atoms with Gasteiger partial charge in [-0.05, 0) is 25.1 Å². The van der Waals surface area contributed by atoms with Crippen LogP contribution in [0.2, 0.25) is 0 Å². The van der Waals surface area contributed by atoms with Gasteiger partial charge in [0.25, 0.3) is 11.6 Å². The van der Waals surface area contributed by atoms with Crippen molar-refractivity contribution < 1.29 is 28.0 Å². The number of carbonyl (C=O) groups excluding carboxylic acids is 1. The van der Waals surface area contributed by atoms with Gasteiger partial charge in [-0.15, -0.1) is 0 Å². The minimum atomic E-state index is -1.12. The van der Waals surface area contributed by atoms with E-state index in [0.717, 1.165) is 18.2 Å². The van der Waals surface area contributed by atoms with Gasteiger partial charge in [0, 0.05) is 12.1 Å². The number of amides is 1. The Kier molecular flexibility index (Phi) is 5.48. The maximum absolute atomic E-state index is 13.6. The summed E-state index contributed by atoms with van der Waals surface area (Å²) in [5.74, 6) is -2.26. The molecule has 0 unspecified atom stereocenters. The number of methoxy groups -OCH3 is 1. The molecule has 0 aliphatic heterocycles. The lowest BCUT2D eigenvalue weighted by molar-refractivity contribution is -0.385. The second-order valence-corrected chi connectivity index (χ2v) is 4.97. The highest BCUT2D eigenvalue weighted by atomic mass is 19.1. The van der Waals surface area contributed by atoms with E-state index in [1.807, 2.05) is 0 Å². The largest absolute Gasteiger partial charge is 0.493 e. The molecule has 1 atom stereocenters. The monoisotopic (exact) mass is 352 g/mol. The first kappa shape index (κ1) is 18.1. The molecule has 0 radical (unpaired) electrons. The molecule has 132 valence electrons. The molecule has 0 bridgehead atoms. The van der Waals surface area contributed by atoms with E-state index < -0.39 is 28.6 Å². The van der Waals surface area contributed by atoms with E-state index in [1.54, 1.807) is 0 Å². The first-order valence-electron chi connectivity index (χ1n) is 7.07. The molecular weight excluding hydrogens is 338 g/mol. The smallest absolute Gasteiger partial charge is 0.273 e. The van der Waals surface area contributed by atoms with Crippen LogP contribution in [-0.2, 0) is 4.79 Å². The van der Waals surface area contributed by atoms with Crippen molar-refractivity contribution in [1.29, 1.82) is 0 Å². The first-order chi connectivity index (χ1) is 11.8. The third-order valence-corrected chi connectivity index (χ3v) is 3.22. The molecule has 0 heterocycles. The van der Waals surface area contributed by atoms with Crippen molar-refractivity contribution in [2.24, 2.45) is 0 Å². The Hall–Kier alpha value is -3.23. The van der Waals surface area contributed by atoms with Gasteiger partial charge in [-0.25, -0.2) is 8.78 Å². The second-order valence-electron chi connectivity index (χ2n) is 4.97. The van der Waals surface area contributed by atoms with E-state index in [-0.39, 0.29) is 22.9 Å². The average molecular weight is 352 g/mol. The molecule has 0 fully saturated rings. The fourth-order valence-electron chi connectivity index (χ4n) is 1.94. The fourth-order valence-corrected chi connectivity index (χ4v) is 1.94. The van der Waals surface area contributed by atoms with Crippen LogP contribution in [0.3, 0.4) is 0 Å². The molecule has 25 heavy (non-hydrogen) atoms. The van der Waals surface area contributed by atoms with Gasteiger partial charge in [-0.3, -0.25) is 14.9 Å². The highest BCUT2D eigenvalue weighted by molar-refractivity contribution is 5.94. The number of ether oxygens (including phenoxy) is 2. The number of nitrogens with zero attached hydrogens (tertiary/aromatic N) is 1. The zero-order valence-electron chi connectivity index (χ0n) is 13.3. The molecule has 0 aliphatic carbocycles. The van der Waals surface area contributed by atoms with Gasteiger partial charge in [0.1, 0.15) is 11.6 Å². The number of halogens is 2. The van der Waals surface area contributed by atoms with Crippen LogP contribution in [0.4, 0.5) is 20.2 Å². The van der Waals surface area contributed by atoms with Crippen LogP contribution in [0, 0.1) is 21.7 Å². The number of rotatable bonds is 6. The molecule has 2 rings (SSSR count). The first-order valence-corrected chi connectivity index (χ1v) is 7.07. The minimum Gasteiger partial charge on any atom is -0.493 e. The van der Waals surface area contributed by atoms with Gasteiger partial charge >= 0.3 is 0 Å². The Balaban J connectivity index is 2.15. The van der Waals surface area contributed by atoms with E-state index in [0.29, 0.717) is 6.07 Å². The number of nitro groups is 1. The van der Waals surface area contributed by atoms with Gasteiger partial charge in [-0.1, -0.05) is 0 Å². The van der Waals surface area contributed by atoms with Crippen LogP contribution >= 0.6 is 0 Å². The van der Waals surface area contributed by atoms with Crippen molar-refractivity contribution in [3.05, 3.63) is 58.1 Å². The summed E-state index contributed by atoms with van der Waals surface area (Å²) in [5, 5.41) is 13.1. The van der Waals surface area contributed by atoms with Crippen LogP contribution in [-0.4, -0.2) is 24.0 Å². The summed E-state index contributed by atoms with van der Waals surface area (Å²) >= 11 is 0. The van der Waals surface area contributed by atoms with Crippen molar-refractivity contribution in [3.63, 3.8) is 0 Å². The molecule has 0 aliphatic rings. The van der Waals surface area contributed by atoms with Crippen molar-refractivity contribution in [1.82, 2.24) is 0 Å². The van der Waals surface area contributed by atoms with Crippen molar-refractivity contribution in [2.75, 3.05) is 12.4 Å². The van der Waals surface area contributed by atoms with E-state index in [2.05, 4.69) is 5.32 Å². The van der Waals surface area contributed by atoms with E-state index in [4.69, 9.17) is 9.47 Å². The molecule has 9 heteroatoms. The Morgan fingerprint density at radius 3 is 2.52 bits per heavy atom. The van der Waals surface area contributed by atoms with Gasteiger partial charge < -0.3 is 14.8 Å². The number of hydrogen-bond donors (Lipinski definition) is 1. The number of anilines is 1. The predicted molar refractivity (Wildman–Crippen MR) is 84.7 cm³/mol. The third-order valence-electron chi connectivity index (χ3n) is 3.22. The van der Waals surface area contributed by atoms with Crippen LogP contribution < -0.4 is 14.8 Å². The number of nitro benzene ring substituents is 1. The summed E-state index contributed by atoms with van der Waals surface area (Å²) in [4.78, 5) is 22.3. The van der Waals surface area contributed by atoms with E-state index >= 15 is 0 Å². The van der Waals surface area contributed by atoms with Gasteiger partial charge in [0.05, 0.1) is 23.8 Å². The van der Waals surface area contributed by atoms with Gasteiger partial charge in [0.2, 0.25) is 0 Å². The summed E-state index contributed by atoms with van der Waals surface area (Å²) in [7, 11) is 1.34. The molecular formula is C16H14F2N2O5. The summed E-state index contributed by atoms with van der Waals surface area (Å²) in [6.45, 7) is 1.37. The zero-order chi connectivity index (χ0) is 18.6. The predicted octanol–water partition coefficient (Wildman–Crippen LogP) is 3.29. The molecule has 0 saturated carbocycles. The summed E-state index contributed by atoms with van der Waals surface area (Å²) in [5.41, 5.74) is -0.458. The van der Waals surface area contributed by atoms with Crippen LogP contribution in [0.1, 0.15) is 6.92 Å². The molecule has 1 N–H and O–H groups in total. The normalized spacial score (nSPS) is 11.5. The third kappa shape index (κ3) is 4.40. The summed E-state index contributed by atoms with van der Waals surface area (Å²) < 4.78 is 36.9. The molecule has 0 saturated heterocycles. The van der Waals surface area contributed by atoms with Crippen LogP contribution in [0.5, 0.6) is 11.5 Å². The number of hydrogen-bond acceptors (Lipinski definition) is 5. The molecule has 7 nitrogen and oxygen atoms in total. The van der Waals surface area contributed by atoms with Crippen LogP contribution in [0.25, 0.3) is 0 Å². The maximum atomic E-state index is 13.6. The summed E-state index contributed by atoms with van der Waals surface area (Å²) in [6, 6.07) is 6.37. The lowest BCUT2D eigenvalue weighted by Gasteiger charge is -2.16. The lowest BCUT2D eigenvalue weighted by atomic mass is 10.2. The maximum Gasteiger partial charge on any atom is 0.273 e. The average Bonchev–Trinajstić information content (AvgIpc) is 2.57. The van der Waals surface area contributed by atoms with Gasteiger partial charge in [0.15, 0.2) is 17.6 Å². The molecule has 0 spiro atoms. The number of nitrogens with one attached hydrogen (secondary N) is 1. The van der Waals surface area contributed by atoms with Gasteiger partial charge in [-0.2, -0.15) is 0 Å². The minimum absolute atomic E-state index is 0.0149. The quantitative estimate of drug-likeness (QED) is 0.636. The SMILES string of the molecule is COc1ccc([N+](=O)[O-])cc1O[C@H](C)C(=O)Nc1ccc(F)cc1F. The standard InChI is InChI=1S/C16H14F2N2O5/c1-9(16(21)19-13-5-3-10(17)7-12(13)18)25-15-8-11(20(22)23)4-6-14(15)24-2/h3-9H,1-2H3,(H,19,21)/t9-/m1/s1. The van der Waals surface area contributed by atoms with Crippen LogP contribution in [0.15, 0.2) is 36.4 Å². The zero-order valence-corrected chi connectivity index (χ0v) is 13.3. The number of carbonyl (C=O) groups is 1. The second kappa shape index (κ2) is 7.56. The van der Waals surface area contributed by atoms with E-state index in [9.17, 15) is 23.7 Å². The molecule has 0 aromatic heterocycles. The molecule has 2 aromatic rings. The fraction of sp³-hybridized carbons (Fsp3) is 0.188. The van der Waals surface area contributed by atoms with E-state index in [1.165, 1.54) is 26.2 Å². The number of non-ortho nitro benzene ring substituents is 1. The molecule has 1 amide bonds. The van der Waals surface area contributed by atoms with Crippen molar-refractivity contribution in [2.45, 2.75) is 13.0 Å². The Morgan fingerprint density at radius 2 is 1.92 bits per heavy atom. The topological polar surface area (TPSA) is 90.7 Å². The van der Waals surface area contributed by atoms with Crippen molar-refractivity contribution in [3.8, 4) is 11.5 Å². The highest BCUT2D eigenvalue weighted by Crippen LogP contribution is 2.32. The molecule has 2 aromatic carbocycles. The Labute approximate surface area is 141 Å². The lowest BCUT2D eigenvalue weighted by Crippen LogP contribution is -2.30. The Bertz CT molecular complexity index is 813. The highest BCUT2D eigenvalue weighted by Gasteiger charge is 2.20. The van der Waals surface area contributed by atoms with Crippen molar-refractivity contribution >= 4 is 17.3 Å². The Morgan fingerprint density at radius 1 is 1.20 bits per heavy atom. The number of benzene rings is 2.